The van der Waals surface area contributed by atoms with Crippen molar-refractivity contribution in [3.63, 3.8) is 0 Å². The molecule has 1 amide bonds. The quantitative estimate of drug-likeness (QED) is 0.224. The molecule has 0 fully saturated rings. The van der Waals surface area contributed by atoms with Crippen LogP contribution in [-0.2, 0) is 9.53 Å². The molecule has 33 heavy (non-hydrogen) atoms. The van der Waals surface area contributed by atoms with Crippen LogP contribution in [0.15, 0.2) is 63.8 Å². The van der Waals surface area contributed by atoms with Gasteiger partial charge in [-0.15, -0.1) is 0 Å². The van der Waals surface area contributed by atoms with E-state index in [-0.39, 0.29) is 33.5 Å². The Morgan fingerprint density at radius 1 is 1.15 bits per heavy atom. The SMILES string of the molecule is C/C(O)=C(\C(=O)OC(C)(C)C)C1=NC(=NC(=O)c2ccc(Cl)c([N+](=O)[O-])c2)c2ccccc21. The number of hydrogen-bond acceptors (Lipinski definition) is 6. The van der Waals surface area contributed by atoms with Gasteiger partial charge in [0.1, 0.15) is 22.0 Å². The van der Waals surface area contributed by atoms with Crippen molar-refractivity contribution in [3.8, 4) is 0 Å². The van der Waals surface area contributed by atoms with Crippen LogP contribution in [0.2, 0.25) is 5.02 Å². The number of halogens is 1. The Morgan fingerprint density at radius 3 is 2.36 bits per heavy atom. The molecule has 0 atom stereocenters. The van der Waals surface area contributed by atoms with Crippen molar-refractivity contribution < 1.29 is 24.4 Å². The van der Waals surface area contributed by atoms with Crippen LogP contribution in [-0.4, -0.2) is 39.1 Å². The molecule has 3 rings (SSSR count). The molecule has 0 saturated carbocycles. The van der Waals surface area contributed by atoms with Gasteiger partial charge in [-0.2, -0.15) is 4.99 Å². The summed E-state index contributed by atoms with van der Waals surface area (Å²) in [6.07, 6.45) is 0. The summed E-state index contributed by atoms with van der Waals surface area (Å²) in [6, 6.07) is 10.3. The van der Waals surface area contributed by atoms with Crippen molar-refractivity contribution in [3.05, 3.63) is 85.6 Å². The fourth-order valence-corrected chi connectivity index (χ4v) is 3.26. The van der Waals surface area contributed by atoms with Gasteiger partial charge in [-0.1, -0.05) is 35.9 Å². The molecule has 2 aromatic carbocycles. The van der Waals surface area contributed by atoms with Crippen molar-refractivity contribution in [2.45, 2.75) is 33.3 Å². The number of aliphatic hydroxyl groups excluding tert-OH is 1. The number of esters is 1. The normalized spacial score (nSPS) is 14.9. The summed E-state index contributed by atoms with van der Waals surface area (Å²) >= 11 is 5.81. The summed E-state index contributed by atoms with van der Waals surface area (Å²) in [4.78, 5) is 44.3. The van der Waals surface area contributed by atoms with E-state index in [1.54, 1.807) is 45.0 Å². The van der Waals surface area contributed by atoms with E-state index in [1.165, 1.54) is 19.1 Å². The lowest BCUT2D eigenvalue weighted by Gasteiger charge is -2.21. The monoisotopic (exact) mass is 469 g/mol. The molecule has 1 aliphatic heterocycles. The minimum absolute atomic E-state index is 0.00879. The highest BCUT2D eigenvalue weighted by Crippen LogP contribution is 2.28. The van der Waals surface area contributed by atoms with E-state index in [0.717, 1.165) is 6.07 Å². The molecule has 9 nitrogen and oxygen atoms in total. The molecule has 2 aromatic rings. The average molecular weight is 470 g/mol. The number of carbonyl (C=O) groups excluding carboxylic acids is 2. The number of rotatable bonds is 4. The van der Waals surface area contributed by atoms with Crippen LogP contribution >= 0.6 is 11.6 Å². The van der Waals surface area contributed by atoms with Crippen LogP contribution in [0.4, 0.5) is 5.69 Å². The molecule has 0 spiro atoms. The van der Waals surface area contributed by atoms with Gasteiger partial charge in [0.05, 0.1) is 10.6 Å². The van der Waals surface area contributed by atoms with Crippen molar-refractivity contribution in [1.82, 2.24) is 0 Å². The lowest BCUT2D eigenvalue weighted by atomic mass is 9.99. The molecule has 1 aliphatic rings. The van der Waals surface area contributed by atoms with Crippen LogP contribution in [0.5, 0.6) is 0 Å². The molecular weight excluding hydrogens is 450 g/mol. The number of benzene rings is 2. The summed E-state index contributed by atoms with van der Waals surface area (Å²) < 4.78 is 5.40. The molecule has 0 aromatic heterocycles. The number of carbonyl (C=O) groups is 2. The fraction of sp³-hybridized carbons (Fsp3) is 0.217. The number of nitrogens with zero attached hydrogens (tertiary/aromatic N) is 3. The first-order valence-electron chi connectivity index (χ1n) is 9.78. The third kappa shape index (κ3) is 5.15. The van der Waals surface area contributed by atoms with Crippen LogP contribution < -0.4 is 0 Å². The maximum absolute atomic E-state index is 12.8. The molecule has 0 aliphatic carbocycles. The maximum atomic E-state index is 12.8. The van der Waals surface area contributed by atoms with E-state index < -0.39 is 28.1 Å². The van der Waals surface area contributed by atoms with Gasteiger partial charge in [-0.3, -0.25) is 14.9 Å². The standard InChI is InChI=1S/C23H20ClN3O6/c1-12(28)18(22(30)33-23(2,3)4)19-14-7-5-6-8-15(14)20(25-19)26-21(29)13-9-10-16(24)17(11-13)27(31)32/h5-11,28H,1-4H3/b18-12+,26-20?. The lowest BCUT2D eigenvalue weighted by molar-refractivity contribution is -0.384. The van der Waals surface area contributed by atoms with Gasteiger partial charge >= 0.3 is 5.97 Å². The van der Waals surface area contributed by atoms with Crippen LogP contribution in [0.1, 0.15) is 49.2 Å². The summed E-state index contributed by atoms with van der Waals surface area (Å²) in [5.74, 6) is -1.88. The first kappa shape index (κ1) is 23.8. The predicted molar refractivity (Wildman–Crippen MR) is 123 cm³/mol. The van der Waals surface area contributed by atoms with E-state index in [9.17, 15) is 24.8 Å². The number of fused-ring (bicyclic) bond motifs is 1. The van der Waals surface area contributed by atoms with Crippen molar-refractivity contribution in [2.75, 3.05) is 0 Å². The Bertz CT molecular complexity index is 1270. The molecule has 0 bridgehead atoms. The lowest BCUT2D eigenvalue weighted by Crippen LogP contribution is -2.28. The van der Waals surface area contributed by atoms with E-state index >= 15 is 0 Å². The van der Waals surface area contributed by atoms with E-state index in [2.05, 4.69) is 9.98 Å². The Morgan fingerprint density at radius 2 is 1.79 bits per heavy atom. The van der Waals surface area contributed by atoms with E-state index in [1.807, 2.05) is 0 Å². The van der Waals surface area contributed by atoms with Gasteiger partial charge in [-0.25, -0.2) is 9.79 Å². The highest BCUT2D eigenvalue weighted by molar-refractivity contribution is 6.36. The van der Waals surface area contributed by atoms with Gasteiger partial charge < -0.3 is 9.84 Å². The molecule has 0 saturated heterocycles. The first-order chi connectivity index (χ1) is 15.4. The molecule has 0 unspecified atom stereocenters. The molecule has 0 radical (unpaired) electrons. The number of amides is 1. The third-order valence-corrected chi connectivity index (χ3v) is 4.76. The number of aliphatic imine (C=N–C) groups is 2. The smallest absolute Gasteiger partial charge is 0.344 e. The van der Waals surface area contributed by atoms with Crippen LogP contribution in [0.3, 0.4) is 0 Å². The second-order valence-corrected chi connectivity index (χ2v) is 8.54. The van der Waals surface area contributed by atoms with Gasteiger partial charge in [0.25, 0.3) is 11.6 Å². The van der Waals surface area contributed by atoms with Crippen molar-refractivity contribution in [1.29, 1.82) is 0 Å². The third-order valence-electron chi connectivity index (χ3n) is 4.44. The fourth-order valence-electron chi connectivity index (χ4n) is 3.08. The zero-order valence-electron chi connectivity index (χ0n) is 18.2. The number of hydrogen-bond donors (Lipinski definition) is 1. The molecule has 1 heterocycles. The van der Waals surface area contributed by atoms with Gasteiger partial charge in [0.15, 0.2) is 5.84 Å². The summed E-state index contributed by atoms with van der Waals surface area (Å²) in [5, 5.41) is 21.3. The van der Waals surface area contributed by atoms with Crippen LogP contribution in [0.25, 0.3) is 0 Å². The van der Waals surface area contributed by atoms with Gasteiger partial charge in [0.2, 0.25) is 0 Å². The zero-order valence-corrected chi connectivity index (χ0v) is 19.0. The topological polar surface area (TPSA) is 131 Å². The minimum atomic E-state index is -0.813. The minimum Gasteiger partial charge on any atom is -0.512 e. The molecular formula is C23H20ClN3O6. The van der Waals surface area contributed by atoms with Crippen molar-refractivity contribution in [2.24, 2.45) is 9.98 Å². The number of aliphatic hydroxyl groups is 1. The van der Waals surface area contributed by atoms with Gasteiger partial charge in [-0.05, 0) is 39.8 Å². The number of amidine groups is 1. The number of nitro benzene ring substituents is 1. The number of ether oxygens (including phenoxy) is 1. The van der Waals surface area contributed by atoms with E-state index in [0.29, 0.717) is 11.1 Å². The largest absolute Gasteiger partial charge is 0.512 e. The van der Waals surface area contributed by atoms with Crippen LogP contribution in [0, 0.1) is 10.1 Å². The van der Waals surface area contributed by atoms with E-state index in [4.69, 9.17) is 16.3 Å². The highest BCUT2D eigenvalue weighted by atomic mass is 35.5. The maximum Gasteiger partial charge on any atom is 0.344 e. The predicted octanol–water partition coefficient (Wildman–Crippen LogP) is 4.81. The molecule has 1 N–H and O–H groups in total. The summed E-state index contributed by atoms with van der Waals surface area (Å²) in [6.45, 7) is 6.40. The zero-order chi connectivity index (χ0) is 24.5. The second kappa shape index (κ2) is 8.95. The molecule has 10 heteroatoms. The molecule has 170 valence electrons. The van der Waals surface area contributed by atoms with Gasteiger partial charge in [0, 0.05) is 22.8 Å². The number of nitro groups is 1. The second-order valence-electron chi connectivity index (χ2n) is 8.13. The Kier molecular flexibility index (Phi) is 6.46. The summed E-state index contributed by atoms with van der Waals surface area (Å²) in [5.41, 5.74) is -0.421. The Hall–Kier alpha value is -3.85. The Labute approximate surface area is 194 Å². The number of allylic oxidation sites excluding steroid dienone is 1. The summed E-state index contributed by atoms with van der Waals surface area (Å²) in [7, 11) is 0. The highest BCUT2D eigenvalue weighted by Gasteiger charge is 2.32. The Balaban J connectivity index is 2.09. The average Bonchev–Trinajstić information content (AvgIpc) is 3.04. The van der Waals surface area contributed by atoms with Crippen molar-refractivity contribution >= 4 is 40.7 Å². The first-order valence-corrected chi connectivity index (χ1v) is 10.2.